The smallest absolute Gasteiger partial charge is 0.253 e. The minimum atomic E-state index is -0.166. The summed E-state index contributed by atoms with van der Waals surface area (Å²) in [6.07, 6.45) is 0.304. The molecule has 0 saturated carbocycles. The van der Waals surface area contributed by atoms with Crippen molar-refractivity contribution < 1.29 is 9.59 Å². The fraction of sp³-hybridized carbons (Fsp3) is 0.467. The van der Waals surface area contributed by atoms with Crippen LogP contribution >= 0.6 is 0 Å². The summed E-state index contributed by atoms with van der Waals surface area (Å²) in [6.45, 7) is 4.38. The zero-order valence-corrected chi connectivity index (χ0v) is 12.6. The maximum Gasteiger partial charge on any atom is 0.253 e. The number of benzene rings is 1. The zero-order valence-electron chi connectivity index (χ0n) is 12.6. The van der Waals surface area contributed by atoms with Crippen molar-refractivity contribution in [3.63, 3.8) is 0 Å². The Morgan fingerprint density at radius 3 is 2.45 bits per heavy atom. The third kappa shape index (κ3) is 4.91. The molecular weight excluding hydrogens is 254 g/mol. The number of carbonyl (C=O) groups excluding carboxylic acids is 2. The van der Waals surface area contributed by atoms with E-state index in [0.717, 1.165) is 5.69 Å². The second-order valence-electron chi connectivity index (χ2n) is 5.14. The number of anilines is 1. The normalized spacial score (nSPS) is 10.2. The van der Waals surface area contributed by atoms with E-state index < -0.39 is 0 Å². The highest BCUT2D eigenvalue weighted by atomic mass is 16.2. The van der Waals surface area contributed by atoms with E-state index in [2.05, 4.69) is 10.6 Å². The predicted octanol–water partition coefficient (Wildman–Crippen LogP) is 1.72. The molecule has 0 spiro atoms. The van der Waals surface area contributed by atoms with Gasteiger partial charge in [-0.25, -0.2) is 0 Å². The van der Waals surface area contributed by atoms with Gasteiger partial charge in [0.2, 0.25) is 5.91 Å². The second kappa shape index (κ2) is 7.53. The Hall–Kier alpha value is -2.04. The van der Waals surface area contributed by atoms with E-state index in [1.54, 1.807) is 20.2 Å². The van der Waals surface area contributed by atoms with Gasteiger partial charge in [-0.05, 0) is 26.0 Å². The van der Waals surface area contributed by atoms with Crippen molar-refractivity contribution in [2.75, 3.05) is 26.0 Å². The Balaban J connectivity index is 2.61. The number of carbonyl (C=O) groups is 2. The SMILES string of the molecule is CC(C)Nc1ccccc1C(=O)NCCC(=O)N(C)C. The van der Waals surface area contributed by atoms with Crippen molar-refractivity contribution in [2.45, 2.75) is 26.3 Å². The molecule has 1 aromatic carbocycles. The van der Waals surface area contributed by atoms with Crippen molar-refractivity contribution in [3.8, 4) is 0 Å². The van der Waals surface area contributed by atoms with Crippen LogP contribution in [0.1, 0.15) is 30.6 Å². The molecule has 110 valence electrons. The fourth-order valence-corrected chi connectivity index (χ4v) is 1.72. The standard InChI is InChI=1S/C15H23N3O2/c1-11(2)17-13-8-6-5-7-12(13)15(20)16-10-9-14(19)18(3)4/h5-8,11,17H,9-10H2,1-4H3,(H,16,20). The Kier molecular flexibility index (Phi) is 6.03. The minimum absolute atomic E-state index is 0.00103. The average molecular weight is 277 g/mol. The molecule has 2 amide bonds. The van der Waals surface area contributed by atoms with Crippen molar-refractivity contribution in [1.82, 2.24) is 10.2 Å². The summed E-state index contributed by atoms with van der Waals surface area (Å²) in [5.74, 6) is -0.167. The van der Waals surface area contributed by atoms with Crippen LogP contribution in [0.2, 0.25) is 0 Å². The third-order valence-electron chi connectivity index (χ3n) is 2.74. The van der Waals surface area contributed by atoms with Crippen LogP contribution in [-0.4, -0.2) is 43.4 Å². The van der Waals surface area contributed by atoms with E-state index in [4.69, 9.17) is 0 Å². The first-order chi connectivity index (χ1) is 9.41. The topological polar surface area (TPSA) is 61.4 Å². The van der Waals surface area contributed by atoms with Gasteiger partial charge in [-0.1, -0.05) is 12.1 Å². The lowest BCUT2D eigenvalue weighted by Crippen LogP contribution is -2.30. The summed E-state index contributed by atoms with van der Waals surface area (Å²) >= 11 is 0. The molecule has 2 N–H and O–H groups in total. The Bertz CT molecular complexity index is 470. The molecule has 0 radical (unpaired) electrons. The molecule has 0 aliphatic heterocycles. The number of hydrogen-bond donors (Lipinski definition) is 2. The number of para-hydroxylation sites is 1. The van der Waals surface area contributed by atoms with Crippen LogP contribution in [0, 0.1) is 0 Å². The summed E-state index contributed by atoms with van der Waals surface area (Å²) in [5.41, 5.74) is 1.40. The molecule has 0 unspecified atom stereocenters. The van der Waals surface area contributed by atoms with Gasteiger partial charge in [0.15, 0.2) is 0 Å². The highest BCUT2D eigenvalue weighted by molar-refractivity contribution is 5.99. The summed E-state index contributed by atoms with van der Waals surface area (Å²) in [7, 11) is 3.40. The van der Waals surface area contributed by atoms with Crippen LogP contribution in [0.15, 0.2) is 24.3 Å². The molecule has 0 fully saturated rings. The number of rotatable bonds is 6. The molecule has 0 aliphatic carbocycles. The van der Waals surface area contributed by atoms with Crippen LogP contribution in [0.3, 0.4) is 0 Å². The van der Waals surface area contributed by atoms with E-state index in [1.165, 1.54) is 4.90 Å². The van der Waals surface area contributed by atoms with Crippen LogP contribution in [0.25, 0.3) is 0 Å². The quantitative estimate of drug-likeness (QED) is 0.832. The van der Waals surface area contributed by atoms with Gasteiger partial charge in [0.05, 0.1) is 5.56 Å². The first-order valence-electron chi connectivity index (χ1n) is 6.75. The molecule has 0 heterocycles. The first kappa shape index (κ1) is 16.0. The Labute approximate surface area is 120 Å². The lowest BCUT2D eigenvalue weighted by Gasteiger charge is -2.15. The largest absolute Gasteiger partial charge is 0.382 e. The van der Waals surface area contributed by atoms with E-state index in [-0.39, 0.29) is 17.9 Å². The first-order valence-corrected chi connectivity index (χ1v) is 6.75. The summed E-state index contributed by atoms with van der Waals surface area (Å²) < 4.78 is 0. The maximum atomic E-state index is 12.1. The third-order valence-corrected chi connectivity index (χ3v) is 2.74. The monoisotopic (exact) mass is 277 g/mol. The lowest BCUT2D eigenvalue weighted by atomic mass is 10.1. The van der Waals surface area contributed by atoms with Crippen LogP contribution in [-0.2, 0) is 4.79 Å². The van der Waals surface area contributed by atoms with Gasteiger partial charge in [-0.15, -0.1) is 0 Å². The molecule has 5 heteroatoms. The molecule has 0 saturated heterocycles. The number of amides is 2. The number of hydrogen-bond acceptors (Lipinski definition) is 3. The van der Waals surface area contributed by atoms with Gasteiger partial charge >= 0.3 is 0 Å². The van der Waals surface area contributed by atoms with Crippen LogP contribution in [0.4, 0.5) is 5.69 Å². The fourth-order valence-electron chi connectivity index (χ4n) is 1.72. The van der Waals surface area contributed by atoms with Crippen molar-refractivity contribution in [2.24, 2.45) is 0 Å². The van der Waals surface area contributed by atoms with Crippen molar-refractivity contribution in [3.05, 3.63) is 29.8 Å². The van der Waals surface area contributed by atoms with E-state index in [1.807, 2.05) is 32.0 Å². The lowest BCUT2D eigenvalue weighted by molar-refractivity contribution is -0.128. The molecule has 1 rings (SSSR count). The molecule has 0 aliphatic rings. The van der Waals surface area contributed by atoms with E-state index in [9.17, 15) is 9.59 Å². The van der Waals surface area contributed by atoms with Crippen LogP contribution in [0.5, 0.6) is 0 Å². The van der Waals surface area contributed by atoms with Gasteiger partial charge in [-0.2, -0.15) is 0 Å². The average Bonchev–Trinajstić information content (AvgIpc) is 2.38. The van der Waals surface area contributed by atoms with E-state index in [0.29, 0.717) is 18.5 Å². The van der Waals surface area contributed by atoms with Gasteiger partial charge in [0.25, 0.3) is 5.91 Å². The number of nitrogens with one attached hydrogen (secondary N) is 2. The predicted molar refractivity (Wildman–Crippen MR) is 80.8 cm³/mol. The van der Waals surface area contributed by atoms with Crippen molar-refractivity contribution >= 4 is 17.5 Å². The van der Waals surface area contributed by atoms with Crippen molar-refractivity contribution in [1.29, 1.82) is 0 Å². The van der Waals surface area contributed by atoms with E-state index >= 15 is 0 Å². The minimum Gasteiger partial charge on any atom is -0.382 e. The highest BCUT2D eigenvalue weighted by Crippen LogP contribution is 2.15. The van der Waals surface area contributed by atoms with Crippen LogP contribution < -0.4 is 10.6 Å². The Morgan fingerprint density at radius 2 is 1.85 bits per heavy atom. The summed E-state index contributed by atoms with van der Waals surface area (Å²) in [5, 5.41) is 6.01. The van der Waals surface area contributed by atoms with Gasteiger partial charge in [0, 0.05) is 38.8 Å². The summed E-state index contributed by atoms with van der Waals surface area (Å²) in [4.78, 5) is 25.1. The molecule has 0 aromatic heterocycles. The molecule has 5 nitrogen and oxygen atoms in total. The molecule has 20 heavy (non-hydrogen) atoms. The second-order valence-corrected chi connectivity index (χ2v) is 5.14. The maximum absolute atomic E-state index is 12.1. The highest BCUT2D eigenvalue weighted by Gasteiger charge is 2.12. The molecule has 0 atom stereocenters. The summed E-state index contributed by atoms with van der Waals surface area (Å²) in [6, 6.07) is 7.61. The molecular formula is C15H23N3O2. The van der Waals surface area contributed by atoms with Gasteiger partial charge in [-0.3, -0.25) is 9.59 Å². The number of nitrogens with zero attached hydrogens (tertiary/aromatic N) is 1. The van der Waals surface area contributed by atoms with Gasteiger partial charge < -0.3 is 15.5 Å². The zero-order chi connectivity index (χ0) is 15.1. The Morgan fingerprint density at radius 1 is 1.20 bits per heavy atom. The molecule has 0 bridgehead atoms. The van der Waals surface area contributed by atoms with Gasteiger partial charge in [0.1, 0.15) is 0 Å². The molecule has 1 aromatic rings.